The summed E-state index contributed by atoms with van der Waals surface area (Å²) in [6.07, 6.45) is 0. The van der Waals surface area contributed by atoms with E-state index in [0.717, 1.165) is 0 Å². The summed E-state index contributed by atoms with van der Waals surface area (Å²) in [7, 11) is -2.58. The molecule has 2 rings (SSSR count). The molecule has 0 saturated heterocycles. The van der Waals surface area contributed by atoms with Crippen LogP contribution in [0.4, 0.5) is 10.1 Å². The number of ether oxygens (including phenoxy) is 1. The van der Waals surface area contributed by atoms with Crippen molar-refractivity contribution in [3.63, 3.8) is 0 Å². The van der Waals surface area contributed by atoms with Gasteiger partial charge in [-0.25, -0.2) is 17.6 Å². The first-order valence-electron chi connectivity index (χ1n) is 6.75. The molecule has 0 spiro atoms. The van der Waals surface area contributed by atoms with Crippen molar-refractivity contribution in [2.45, 2.75) is 12.7 Å². The van der Waals surface area contributed by atoms with Crippen molar-refractivity contribution in [1.82, 2.24) is 0 Å². The molecule has 0 aromatic heterocycles. The SMILES string of the molecule is COC(=O)c1ccc(C)c(NS(=O)(=O)Cc2ccccc2F)c1. The quantitative estimate of drug-likeness (QED) is 0.852. The molecule has 23 heavy (non-hydrogen) atoms. The van der Waals surface area contributed by atoms with E-state index >= 15 is 0 Å². The molecule has 7 heteroatoms. The minimum atomic E-state index is -3.82. The Kier molecular flexibility index (Phi) is 5.00. The molecule has 122 valence electrons. The highest BCUT2D eigenvalue weighted by molar-refractivity contribution is 7.91. The molecule has 0 unspecified atom stereocenters. The lowest BCUT2D eigenvalue weighted by molar-refractivity contribution is 0.0601. The number of halogens is 1. The number of hydrogen-bond donors (Lipinski definition) is 1. The van der Waals surface area contributed by atoms with Gasteiger partial charge in [0.25, 0.3) is 0 Å². The molecule has 0 heterocycles. The summed E-state index contributed by atoms with van der Waals surface area (Å²) in [6.45, 7) is 1.70. The Morgan fingerprint density at radius 2 is 1.91 bits per heavy atom. The summed E-state index contributed by atoms with van der Waals surface area (Å²) in [5, 5.41) is 0. The van der Waals surface area contributed by atoms with Crippen molar-refractivity contribution in [2.75, 3.05) is 11.8 Å². The molecule has 0 saturated carbocycles. The minimum Gasteiger partial charge on any atom is -0.465 e. The van der Waals surface area contributed by atoms with Gasteiger partial charge in [-0.3, -0.25) is 4.72 Å². The van der Waals surface area contributed by atoms with E-state index < -0.39 is 27.6 Å². The van der Waals surface area contributed by atoms with E-state index in [0.29, 0.717) is 5.56 Å². The van der Waals surface area contributed by atoms with Gasteiger partial charge in [0.15, 0.2) is 0 Å². The summed E-state index contributed by atoms with van der Waals surface area (Å²) >= 11 is 0. The fourth-order valence-electron chi connectivity index (χ4n) is 2.00. The third-order valence-electron chi connectivity index (χ3n) is 3.23. The van der Waals surface area contributed by atoms with Gasteiger partial charge in [-0.1, -0.05) is 24.3 Å². The number of aryl methyl sites for hydroxylation is 1. The first-order chi connectivity index (χ1) is 10.8. The van der Waals surface area contributed by atoms with Crippen LogP contribution in [-0.2, 0) is 20.5 Å². The molecule has 0 fully saturated rings. The van der Waals surface area contributed by atoms with Crippen molar-refractivity contribution in [3.05, 3.63) is 65.0 Å². The largest absolute Gasteiger partial charge is 0.465 e. The van der Waals surface area contributed by atoms with Crippen LogP contribution in [0.5, 0.6) is 0 Å². The van der Waals surface area contributed by atoms with Crippen LogP contribution >= 0.6 is 0 Å². The zero-order valence-corrected chi connectivity index (χ0v) is 13.5. The summed E-state index contributed by atoms with van der Waals surface area (Å²) in [4.78, 5) is 11.5. The van der Waals surface area contributed by atoms with E-state index in [2.05, 4.69) is 9.46 Å². The molecule has 0 aliphatic rings. The van der Waals surface area contributed by atoms with Crippen LogP contribution in [0.15, 0.2) is 42.5 Å². The number of benzene rings is 2. The Bertz CT molecular complexity index is 834. The van der Waals surface area contributed by atoms with Gasteiger partial charge in [-0.15, -0.1) is 0 Å². The molecular weight excluding hydrogens is 321 g/mol. The van der Waals surface area contributed by atoms with Crippen LogP contribution in [0.1, 0.15) is 21.5 Å². The Morgan fingerprint density at radius 3 is 2.57 bits per heavy atom. The number of sulfonamides is 1. The van der Waals surface area contributed by atoms with Gasteiger partial charge in [0.05, 0.1) is 24.1 Å². The number of anilines is 1. The fourth-order valence-corrected chi connectivity index (χ4v) is 3.27. The molecule has 0 radical (unpaired) electrons. The Hall–Kier alpha value is -2.41. The predicted octanol–water partition coefficient (Wildman–Crippen LogP) is 2.86. The van der Waals surface area contributed by atoms with Crippen molar-refractivity contribution < 1.29 is 22.3 Å². The number of carbonyl (C=O) groups is 1. The first-order valence-corrected chi connectivity index (χ1v) is 8.40. The normalized spacial score (nSPS) is 11.1. The van der Waals surface area contributed by atoms with Crippen molar-refractivity contribution >= 4 is 21.7 Å². The van der Waals surface area contributed by atoms with Crippen molar-refractivity contribution in [1.29, 1.82) is 0 Å². The maximum atomic E-state index is 13.6. The molecule has 0 bridgehead atoms. The van der Waals surface area contributed by atoms with Gasteiger partial charge in [-0.05, 0) is 30.7 Å². The van der Waals surface area contributed by atoms with E-state index in [1.165, 1.54) is 37.4 Å². The van der Waals surface area contributed by atoms with Crippen LogP contribution < -0.4 is 4.72 Å². The third-order valence-corrected chi connectivity index (χ3v) is 4.45. The number of nitrogens with one attached hydrogen (secondary N) is 1. The molecule has 5 nitrogen and oxygen atoms in total. The van der Waals surface area contributed by atoms with Gasteiger partial charge < -0.3 is 4.74 Å². The average Bonchev–Trinajstić information content (AvgIpc) is 2.50. The predicted molar refractivity (Wildman–Crippen MR) is 85.2 cm³/mol. The lowest BCUT2D eigenvalue weighted by Gasteiger charge is -2.12. The highest BCUT2D eigenvalue weighted by Crippen LogP contribution is 2.20. The molecule has 1 N–H and O–H groups in total. The average molecular weight is 337 g/mol. The lowest BCUT2D eigenvalue weighted by Crippen LogP contribution is -2.17. The summed E-state index contributed by atoms with van der Waals surface area (Å²) in [5.41, 5.74) is 1.18. The highest BCUT2D eigenvalue weighted by atomic mass is 32.2. The molecule has 2 aromatic carbocycles. The van der Waals surface area contributed by atoms with Gasteiger partial charge >= 0.3 is 5.97 Å². The van der Waals surface area contributed by atoms with Gasteiger partial charge in [-0.2, -0.15) is 0 Å². The maximum absolute atomic E-state index is 13.6. The van der Waals surface area contributed by atoms with Gasteiger partial charge in [0.2, 0.25) is 10.0 Å². The number of hydrogen-bond acceptors (Lipinski definition) is 4. The van der Waals surface area contributed by atoms with E-state index in [9.17, 15) is 17.6 Å². The summed E-state index contributed by atoms with van der Waals surface area (Å²) < 4.78 is 45.0. The Labute approximate surface area is 134 Å². The number of carbonyl (C=O) groups excluding carboxylic acids is 1. The van der Waals surface area contributed by atoms with E-state index in [1.54, 1.807) is 19.1 Å². The van der Waals surface area contributed by atoms with Crippen molar-refractivity contribution in [2.24, 2.45) is 0 Å². The monoisotopic (exact) mass is 337 g/mol. The van der Waals surface area contributed by atoms with Crippen LogP contribution in [0.2, 0.25) is 0 Å². The van der Waals surface area contributed by atoms with Crippen LogP contribution in [-0.4, -0.2) is 21.5 Å². The van der Waals surface area contributed by atoms with Crippen LogP contribution in [0.25, 0.3) is 0 Å². The van der Waals surface area contributed by atoms with E-state index in [1.807, 2.05) is 0 Å². The second-order valence-corrected chi connectivity index (χ2v) is 6.70. The zero-order valence-electron chi connectivity index (χ0n) is 12.7. The molecule has 0 aliphatic carbocycles. The second-order valence-electron chi connectivity index (χ2n) is 4.97. The molecule has 0 aliphatic heterocycles. The Morgan fingerprint density at radius 1 is 1.22 bits per heavy atom. The molecule has 2 aromatic rings. The smallest absolute Gasteiger partial charge is 0.337 e. The number of esters is 1. The summed E-state index contributed by atoms with van der Waals surface area (Å²) in [6, 6.07) is 10.2. The number of rotatable bonds is 5. The number of methoxy groups -OCH3 is 1. The first kappa shape index (κ1) is 17.0. The van der Waals surface area contributed by atoms with E-state index in [-0.39, 0.29) is 16.8 Å². The minimum absolute atomic E-state index is 0.0711. The van der Waals surface area contributed by atoms with Gasteiger partial charge in [0, 0.05) is 5.56 Å². The molecule has 0 amide bonds. The fraction of sp³-hybridized carbons (Fsp3) is 0.188. The third kappa shape index (κ3) is 4.29. The Balaban J connectivity index is 2.27. The standard InChI is InChI=1S/C16H16FNO4S/c1-11-7-8-12(16(19)22-2)9-15(11)18-23(20,21)10-13-5-3-4-6-14(13)17/h3-9,18H,10H2,1-2H3. The van der Waals surface area contributed by atoms with Crippen LogP contribution in [0, 0.1) is 12.7 Å². The molecule has 0 atom stereocenters. The second kappa shape index (κ2) is 6.78. The summed E-state index contributed by atoms with van der Waals surface area (Å²) in [5.74, 6) is -1.65. The van der Waals surface area contributed by atoms with Crippen LogP contribution in [0.3, 0.4) is 0 Å². The van der Waals surface area contributed by atoms with Crippen molar-refractivity contribution in [3.8, 4) is 0 Å². The highest BCUT2D eigenvalue weighted by Gasteiger charge is 2.17. The van der Waals surface area contributed by atoms with Gasteiger partial charge in [0.1, 0.15) is 5.82 Å². The molecular formula is C16H16FNO4S. The zero-order chi connectivity index (χ0) is 17.0. The lowest BCUT2D eigenvalue weighted by atomic mass is 10.1. The topological polar surface area (TPSA) is 72.5 Å². The maximum Gasteiger partial charge on any atom is 0.337 e. The van der Waals surface area contributed by atoms with E-state index in [4.69, 9.17) is 0 Å².